The maximum atomic E-state index is 12.7. The third-order valence-corrected chi connectivity index (χ3v) is 3.76. The number of hydrogen-bond acceptors (Lipinski definition) is 3. The number of rotatable bonds is 6. The molecule has 0 amide bonds. The predicted molar refractivity (Wildman–Crippen MR) is 102 cm³/mol. The molecule has 2 aromatic carbocycles. The number of alkyl halides is 3. The molecule has 0 saturated heterocycles. The summed E-state index contributed by atoms with van der Waals surface area (Å²) in [6.45, 7) is 3.84. The van der Waals surface area contributed by atoms with Crippen molar-refractivity contribution in [2.45, 2.75) is 26.6 Å². The summed E-state index contributed by atoms with van der Waals surface area (Å²) >= 11 is 0. The number of aryl methyl sites for hydroxylation is 2. The van der Waals surface area contributed by atoms with E-state index in [1.54, 1.807) is 18.6 Å². The van der Waals surface area contributed by atoms with Crippen LogP contribution in [-0.4, -0.2) is 31.5 Å². The molecular weight excluding hydrogens is 355 g/mol. The molecule has 144 valence electrons. The molecule has 0 fully saturated rings. The van der Waals surface area contributed by atoms with Crippen molar-refractivity contribution in [3.63, 3.8) is 0 Å². The molecule has 0 aliphatic rings. The zero-order valence-electron chi connectivity index (χ0n) is 15.7. The topological polar surface area (TPSA) is 37.2 Å². The standard InChI is InChI=1S/C20H22F3N3O/c1-14-9-19(24-13-26(3)4)15(2)8-17(14)11-25-27-12-16-6-5-7-18(10-16)20(21,22)23/h5-11,13H,12H2,1-4H3/b24-13-,25-11+. The first-order valence-electron chi connectivity index (χ1n) is 8.30. The molecular formula is C20H22F3N3O. The first-order valence-corrected chi connectivity index (χ1v) is 8.30. The van der Waals surface area contributed by atoms with E-state index in [1.807, 2.05) is 45.0 Å². The van der Waals surface area contributed by atoms with Gasteiger partial charge in [-0.05, 0) is 60.4 Å². The van der Waals surface area contributed by atoms with Crippen molar-refractivity contribution in [2.24, 2.45) is 10.1 Å². The van der Waals surface area contributed by atoms with Gasteiger partial charge in [-0.25, -0.2) is 4.99 Å². The lowest BCUT2D eigenvalue weighted by Crippen LogP contribution is -2.07. The van der Waals surface area contributed by atoms with E-state index in [-0.39, 0.29) is 6.61 Å². The van der Waals surface area contributed by atoms with Gasteiger partial charge in [-0.2, -0.15) is 13.2 Å². The van der Waals surface area contributed by atoms with Crippen molar-refractivity contribution in [3.05, 3.63) is 64.2 Å². The van der Waals surface area contributed by atoms with Crippen LogP contribution in [0.3, 0.4) is 0 Å². The van der Waals surface area contributed by atoms with E-state index in [4.69, 9.17) is 4.84 Å². The summed E-state index contributed by atoms with van der Waals surface area (Å²) in [5.74, 6) is 0. The van der Waals surface area contributed by atoms with E-state index in [1.165, 1.54) is 6.07 Å². The van der Waals surface area contributed by atoms with E-state index in [0.717, 1.165) is 34.5 Å². The largest absolute Gasteiger partial charge is 0.416 e. The summed E-state index contributed by atoms with van der Waals surface area (Å²) < 4.78 is 38.1. The van der Waals surface area contributed by atoms with Gasteiger partial charge < -0.3 is 9.74 Å². The monoisotopic (exact) mass is 377 g/mol. The van der Waals surface area contributed by atoms with E-state index >= 15 is 0 Å². The highest BCUT2D eigenvalue weighted by molar-refractivity contribution is 5.83. The van der Waals surface area contributed by atoms with Gasteiger partial charge >= 0.3 is 6.18 Å². The Morgan fingerprint density at radius 2 is 1.81 bits per heavy atom. The number of benzene rings is 2. The number of hydrogen-bond donors (Lipinski definition) is 0. The first-order chi connectivity index (χ1) is 12.7. The van der Waals surface area contributed by atoms with Crippen molar-refractivity contribution in [3.8, 4) is 0 Å². The van der Waals surface area contributed by atoms with Crippen molar-refractivity contribution in [2.75, 3.05) is 14.1 Å². The maximum Gasteiger partial charge on any atom is 0.416 e. The third kappa shape index (κ3) is 6.13. The second kappa shape index (κ2) is 8.70. The quantitative estimate of drug-likeness (QED) is 0.399. The Morgan fingerprint density at radius 3 is 2.48 bits per heavy atom. The number of aliphatic imine (C=N–C) groups is 1. The minimum atomic E-state index is -4.37. The molecule has 2 aromatic rings. The first kappa shape index (κ1) is 20.5. The van der Waals surface area contributed by atoms with E-state index in [9.17, 15) is 13.2 Å². The molecule has 0 unspecified atom stereocenters. The van der Waals surface area contributed by atoms with E-state index in [0.29, 0.717) is 5.56 Å². The second-order valence-electron chi connectivity index (χ2n) is 6.41. The fourth-order valence-corrected chi connectivity index (χ4v) is 2.32. The molecule has 27 heavy (non-hydrogen) atoms. The lowest BCUT2D eigenvalue weighted by Gasteiger charge is -2.08. The van der Waals surface area contributed by atoms with Crippen molar-refractivity contribution < 1.29 is 18.0 Å². The molecule has 0 bridgehead atoms. The summed E-state index contributed by atoms with van der Waals surface area (Å²) in [4.78, 5) is 11.4. The summed E-state index contributed by atoms with van der Waals surface area (Å²) in [7, 11) is 3.79. The van der Waals surface area contributed by atoms with Crippen molar-refractivity contribution in [1.29, 1.82) is 0 Å². The van der Waals surface area contributed by atoms with Crippen LogP contribution in [-0.2, 0) is 17.6 Å². The van der Waals surface area contributed by atoms with Gasteiger partial charge in [0.2, 0.25) is 0 Å². The third-order valence-electron chi connectivity index (χ3n) is 3.76. The summed E-state index contributed by atoms with van der Waals surface area (Å²) in [5.41, 5.74) is 3.38. The summed E-state index contributed by atoms with van der Waals surface area (Å²) in [6.07, 6.45) is -1.09. The van der Waals surface area contributed by atoms with Gasteiger partial charge in [0.1, 0.15) is 6.61 Å². The molecule has 0 aliphatic heterocycles. The van der Waals surface area contributed by atoms with Crippen LogP contribution in [0.2, 0.25) is 0 Å². The van der Waals surface area contributed by atoms with Crippen molar-refractivity contribution in [1.82, 2.24) is 4.90 Å². The molecule has 0 aromatic heterocycles. The van der Waals surface area contributed by atoms with E-state index < -0.39 is 11.7 Å². The van der Waals surface area contributed by atoms with Gasteiger partial charge in [-0.15, -0.1) is 0 Å². The fourth-order valence-electron chi connectivity index (χ4n) is 2.32. The molecule has 0 aliphatic carbocycles. The zero-order chi connectivity index (χ0) is 20.0. The Balaban J connectivity index is 2.04. The number of nitrogens with zero attached hydrogens (tertiary/aromatic N) is 3. The molecule has 0 saturated carbocycles. The number of halogens is 3. The summed E-state index contributed by atoms with van der Waals surface area (Å²) in [5, 5.41) is 3.88. The van der Waals surface area contributed by atoms with Crippen LogP contribution in [0.4, 0.5) is 18.9 Å². The SMILES string of the molecule is Cc1cc(/N=C\N(C)C)c(C)cc1/C=N/OCc1cccc(C(F)(F)F)c1. The molecule has 0 atom stereocenters. The summed E-state index contributed by atoms with van der Waals surface area (Å²) in [6, 6.07) is 8.89. The Labute approximate surface area is 157 Å². The van der Waals surface area contributed by atoms with Crippen LogP contribution in [0.25, 0.3) is 0 Å². The van der Waals surface area contributed by atoms with Gasteiger partial charge in [-0.1, -0.05) is 17.3 Å². The fraction of sp³-hybridized carbons (Fsp3) is 0.300. The highest BCUT2D eigenvalue weighted by Crippen LogP contribution is 2.29. The van der Waals surface area contributed by atoms with Crippen molar-refractivity contribution >= 4 is 18.2 Å². The Bertz CT molecular complexity index is 843. The van der Waals surface area contributed by atoms with Gasteiger partial charge in [0.05, 0.1) is 23.8 Å². The van der Waals surface area contributed by atoms with E-state index in [2.05, 4.69) is 10.1 Å². The van der Waals surface area contributed by atoms with Gasteiger partial charge in [0.25, 0.3) is 0 Å². The molecule has 0 spiro atoms. The Kier molecular flexibility index (Phi) is 6.60. The molecule has 4 nitrogen and oxygen atoms in total. The number of oxime groups is 1. The highest BCUT2D eigenvalue weighted by Gasteiger charge is 2.30. The normalized spacial score (nSPS) is 12.1. The maximum absolute atomic E-state index is 12.7. The smallest absolute Gasteiger partial charge is 0.391 e. The average Bonchev–Trinajstić information content (AvgIpc) is 2.59. The molecule has 0 radical (unpaired) electrons. The minimum absolute atomic E-state index is 0.0380. The lowest BCUT2D eigenvalue weighted by molar-refractivity contribution is -0.137. The zero-order valence-corrected chi connectivity index (χ0v) is 15.7. The van der Waals surface area contributed by atoms with Crippen LogP contribution in [0.5, 0.6) is 0 Å². The van der Waals surface area contributed by atoms with Crippen LogP contribution < -0.4 is 0 Å². The molecule has 0 heterocycles. The second-order valence-corrected chi connectivity index (χ2v) is 6.41. The van der Waals surface area contributed by atoms with Crippen LogP contribution >= 0.6 is 0 Å². The molecule has 7 heteroatoms. The van der Waals surface area contributed by atoms with Gasteiger partial charge in [0.15, 0.2) is 0 Å². The Hall–Kier alpha value is -2.83. The molecule has 0 N–H and O–H groups in total. The van der Waals surface area contributed by atoms with Crippen LogP contribution in [0, 0.1) is 13.8 Å². The van der Waals surface area contributed by atoms with Gasteiger partial charge in [-0.3, -0.25) is 0 Å². The van der Waals surface area contributed by atoms with Crippen LogP contribution in [0.1, 0.15) is 27.8 Å². The minimum Gasteiger partial charge on any atom is -0.391 e. The lowest BCUT2D eigenvalue weighted by atomic mass is 10.0. The highest BCUT2D eigenvalue weighted by atomic mass is 19.4. The van der Waals surface area contributed by atoms with Crippen LogP contribution in [0.15, 0.2) is 46.5 Å². The Morgan fingerprint density at radius 1 is 1.07 bits per heavy atom. The van der Waals surface area contributed by atoms with Gasteiger partial charge in [0, 0.05) is 14.1 Å². The average molecular weight is 377 g/mol. The molecule has 2 rings (SSSR count). The predicted octanol–water partition coefficient (Wildman–Crippen LogP) is 5.09.